The fourth-order valence-electron chi connectivity index (χ4n) is 1.94. The highest BCUT2D eigenvalue weighted by Crippen LogP contribution is 2.25. The summed E-state index contributed by atoms with van der Waals surface area (Å²) in [4.78, 5) is 18.6. The minimum atomic E-state index is -0.531. The van der Waals surface area contributed by atoms with Crippen molar-refractivity contribution in [3.63, 3.8) is 0 Å². The zero-order valence-electron chi connectivity index (χ0n) is 13.4. The van der Waals surface area contributed by atoms with Gasteiger partial charge < -0.3 is 20.4 Å². The van der Waals surface area contributed by atoms with E-state index < -0.39 is 17.5 Å². The van der Waals surface area contributed by atoms with Crippen molar-refractivity contribution >= 4 is 11.9 Å². The third-order valence-electron chi connectivity index (χ3n) is 2.83. The first kappa shape index (κ1) is 16.8. The van der Waals surface area contributed by atoms with Crippen LogP contribution in [0.25, 0.3) is 11.3 Å². The molecule has 0 radical (unpaired) electrons. The molecule has 0 aromatic carbocycles. The summed E-state index contributed by atoms with van der Waals surface area (Å²) in [5.41, 5.74) is 0.864. The number of aromatic nitrogens is 2. The molecule has 1 amide bonds. The molecule has 0 aliphatic heterocycles. The van der Waals surface area contributed by atoms with Gasteiger partial charge in [0.15, 0.2) is 0 Å². The van der Waals surface area contributed by atoms with Crippen molar-refractivity contribution in [2.24, 2.45) is 0 Å². The quantitative estimate of drug-likeness (QED) is 0.739. The maximum atomic E-state index is 13.4. The van der Waals surface area contributed by atoms with Gasteiger partial charge in [0.1, 0.15) is 17.2 Å². The van der Waals surface area contributed by atoms with Gasteiger partial charge in [-0.15, -0.1) is 0 Å². The number of H-pyrrole nitrogens is 1. The van der Waals surface area contributed by atoms with E-state index in [1.54, 1.807) is 27.0 Å². The Labute approximate surface area is 134 Å². The Morgan fingerprint density at radius 1 is 1.39 bits per heavy atom. The third-order valence-corrected chi connectivity index (χ3v) is 2.83. The second-order valence-electron chi connectivity index (χ2n) is 5.99. The van der Waals surface area contributed by atoms with E-state index in [2.05, 4.69) is 20.6 Å². The second-order valence-corrected chi connectivity index (χ2v) is 5.99. The van der Waals surface area contributed by atoms with E-state index in [4.69, 9.17) is 4.74 Å². The van der Waals surface area contributed by atoms with E-state index in [9.17, 15) is 9.18 Å². The molecule has 0 saturated carbocycles. The van der Waals surface area contributed by atoms with E-state index in [1.165, 1.54) is 6.07 Å². The highest BCUT2D eigenvalue weighted by Gasteiger charge is 2.15. The number of hydrogen-bond acceptors (Lipinski definition) is 4. The summed E-state index contributed by atoms with van der Waals surface area (Å²) in [6.45, 7) is 6.20. The lowest BCUT2D eigenvalue weighted by Crippen LogP contribution is -2.35. The van der Waals surface area contributed by atoms with Crippen molar-refractivity contribution in [2.75, 3.05) is 18.4 Å². The van der Waals surface area contributed by atoms with Gasteiger partial charge >= 0.3 is 6.09 Å². The number of aromatic amines is 1. The summed E-state index contributed by atoms with van der Waals surface area (Å²) in [5.74, 6) is 0.131. The number of nitrogens with zero attached hydrogens (tertiary/aromatic N) is 1. The molecule has 2 aromatic heterocycles. The summed E-state index contributed by atoms with van der Waals surface area (Å²) in [7, 11) is 0. The van der Waals surface area contributed by atoms with Crippen LogP contribution in [0, 0.1) is 5.82 Å². The number of halogens is 1. The predicted octanol–water partition coefficient (Wildman–Crippen LogP) is 3.15. The first-order valence-corrected chi connectivity index (χ1v) is 7.35. The maximum absolute atomic E-state index is 13.4. The predicted molar refractivity (Wildman–Crippen MR) is 86.7 cm³/mol. The van der Waals surface area contributed by atoms with Gasteiger partial charge in [0.05, 0.1) is 6.20 Å². The largest absolute Gasteiger partial charge is 0.444 e. The number of rotatable bonds is 5. The molecule has 2 rings (SSSR count). The summed E-state index contributed by atoms with van der Waals surface area (Å²) in [5, 5.41) is 5.72. The monoisotopic (exact) mass is 320 g/mol. The lowest BCUT2D eigenvalue weighted by molar-refractivity contribution is 0.0530. The third kappa shape index (κ3) is 5.28. The highest BCUT2D eigenvalue weighted by molar-refractivity contribution is 5.72. The summed E-state index contributed by atoms with van der Waals surface area (Å²) in [6, 6.07) is 5.07. The molecular weight excluding hydrogens is 299 g/mol. The molecule has 2 aromatic rings. The molecule has 0 aliphatic rings. The minimum Gasteiger partial charge on any atom is -0.444 e. The van der Waals surface area contributed by atoms with Crippen molar-refractivity contribution in [3.05, 3.63) is 36.4 Å². The SMILES string of the molecule is CC(C)(C)OC(=O)NCCNc1ncc(F)cc1-c1ccc[nH]1. The van der Waals surface area contributed by atoms with E-state index in [1.807, 2.05) is 12.1 Å². The van der Waals surface area contributed by atoms with Gasteiger partial charge in [-0.3, -0.25) is 0 Å². The Morgan fingerprint density at radius 2 is 2.17 bits per heavy atom. The van der Waals surface area contributed by atoms with Crippen LogP contribution in [-0.2, 0) is 4.74 Å². The molecule has 0 fully saturated rings. The lowest BCUT2D eigenvalue weighted by atomic mass is 10.2. The average molecular weight is 320 g/mol. The van der Waals surface area contributed by atoms with Crippen molar-refractivity contribution in [1.82, 2.24) is 15.3 Å². The van der Waals surface area contributed by atoms with Crippen LogP contribution in [0.5, 0.6) is 0 Å². The molecule has 6 nitrogen and oxygen atoms in total. The molecule has 0 bridgehead atoms. The van der Waals surface area contributed by atoms with Gasteiger partial charge in [-0.2, -0.15) is 0 Å². The fourth-order valence-corrected chi connectivity index (χ4v) is 1.94. The number of anilines is 1. The smallest absolute Gasteiger partial charge is 0.407 e. The average Bonchev–Trinajstić information content (AvgIpc) is 2.97. The molecule has 23 heavy (non-hydrogen) atoms. The van der Waals surface area contributed by atoms with Crippen LogP contribution in [0.2, 0.25) is 0 Å². The number of hydrogen-bond donors (Lipinski definition) is 3. The van der Waals surface area contributed by atoms with Crippen LogP contribution in [0.1, 0.15) is 20.8 Å². The summed E-state index contributed by atoms with van der Waals surface area (Å²) in [6.07, 6.45) is 2.43. The van der Waals surface area contributed by atoms with Gasteiger partial charge in [-0.05, 0) is 39.0 Å². The van der Waals surface area contributed by atoms with E-state index in [-0.39, 0.29) is 0 Å². The zero-order valence-corrected chi connectivity index (χ0v) is 13.4. The summed E-state index contributed by atoms with van der Waals surface area (Å²) < 4.78 is 18.6. The van der Waals surface area contributed by atoms with E-state index in [0.717, 1.165) is 11.9 Å². The molecule has 0 aliphatic carbocycles. The Morgan fingerprint density at radius 3 is 2.83 bits per heavy atom. The van der Waals surface area contributed by atoms with Crippen LogP contribution >= 0.6 is 0 Å². The maximum Gasteiger partial charge on any atom is 0.407 e. The van der Waals surface area contributed by atoms with Crippen molar-refractivity contribution in [1.29, 1.82) is 0 Å². The zero-order chi connectivity index (χ0) is 16.9. The molecule has 0 unspecified atom stereocenters. The van der Waals surface area contributed by atoms with Gasteiger partial charge in [-0.25, -0.2) is 14.2 Å². The number of ether oxygens (including phenoxy) is 1. The second kappa shape index (κ2) is 7.13. The molecule has 0 spiro atoms. The van der Waals surface area contributed by atoms with Gasteiger partial charge in [0.25, 0.3) is 0 Å². The molecule has 0 atom stereocenters. The van der Waals surface area contributed by atoms with E-state index >= 15 is 0 Å². The van der Waals surface area contributed by atoms with Crippen molar-refractivity contribution < 1.29 is 13.9 Å². The van der Waals surface area contributed by atoms with E-state index in [0.29, 0.717) is 24.5 Å². The molecule has 0 saturated heterocycles. The molecule has 7 heteroatoms. The Balaban J connectivity index is 1.90. The van der Waals surface area contributed by atoms with Crippen LogP contribution in [-0.4, -0.2) is 34.8 Å². The Kier molecular flexibility index (Phi) is 5.20. The molecule has 2 heterocycles. The number of alkyl carbamates (subject to hydrolysis) is 1. The van der Waals surface area contributed by atoms with Gasteiger partial charge in [-0.1, -0.05) is 0 Å². The fraction of sp³-hybridized carbons (Fsp3) is 0.375. The van der Waals surface area contributed by atoms with Gasteiger partial charge in [0.2, 0.25) is 0 Å². The first-order chi connectivity index (χ1) is 10.8. The number of carbonyl (C=O) groups excluding carboxylic acids is 1. The standard InChI is InChI=1S/C16H21FN4O2/c1-16(2,3)23-15(22)20-8-7-19-14-12(9-11(17)10-21-14)13-5-4-6-18-13/h4-6,9-10,18H,7-8H2,1-3H3,(H,19,21)(H,20,22). The topological polar surface area (TPSA) is 79.0 Å². The van der Waals surface area contributed by atoms with Crippen molar-refractivity contribution in [3.8, 4) is 11.3 Å². The number of carbonyl (C=O) groups is 1. The van der Waals surface area contributed by atoms with Gasteiger partial charge in [0, 0.05) is 30.5 Å². The molecule has 3 N–H and O–H groups in total. The Bertz CT molecular complexity index is 651. The van der Waals surface area contributed by atoms with Crippen molar-refractivity contribution in [2.45, 2.75) is 26.4 Å². The van der Waals surface area contributed by atoms with Crippen LogP contribution < -0.4 is 10.6 Å². The van der Waals surface area contributed by atoms with Crippen LogP contribution in [0.4, 0.5) is 15.0 Å². The number of amides is 1. The van der Waals surface area contributed by atoms with Crippen LogP contribution in [0.15, 0.2) is 30.6 Å². The Hall–Kier alpha value is -2.57. The highest BCUT2D eigenvalue weighted by atomic mass is 19.1. The summed E-state index contributed by atoms with van der Waals surface area (Å²) >= 11 is 0. The molecular formula is C16H21FN4O2. The minimum absolute atomic E-state index is 0.359. The first-order valence-electron chi connectivity index (χ1n) is 7.35. The lowest BCUT2D eigenvalue weighted by Gasteiger charge is -2.19. The number of pyridine rings is 1. The molecule has 124 valence electrons. The number of nitrogens with one attached hydrogen (secondary N) is 3. The normalized spacial score (nSPS) is 11.1. The van der Waals surface area contributed by atoms with Crippen LogP contribution in [0.3, 0.4) is 0 Å².